The molecule has 1 aliphatic carbocycles. The lowest BCUT2D eigenvalue weighted by Gasteiger charge is -2.41. The van der Waals surface area contributed by atoms with Crippen LogP contribution in [0.4, 0.5) is 0 Å². The summed E-state index contributed by atoms with van der Waals surface area (Å²) >= 11 is 0. The van der Waals surface area contributed by atoms with Crippen LogP contribution in [0.1, 0.15) is 51.4 Å². The highest BCUT2D eigenvalue weighted by atomic mass is 15.1. The second-order valence-electron chi connectivity index (χ2n) is 5.26. The van der Waals surface area contributed by atoms with Gasteiger partial charge in [-0.05, 0) is 44.7 Å². The lowest BCUT2D eigenvalue weighted by molar-refractivity contribution is 0.0919. The van der Waals surface area contributed by atoms with Crippen LogP contribution in [0.3, 0.4) is 0 Å². The number of hydrogen-bond acceptors (Lipinski definition) is 1. The predicted octanol–water partition coefficient (Wildman–Crippen LogP) is 3.05. The van der Waals surface area contributed by atoms with E-state index in [1.807, 2.05) is 0 Å². The minimum absolute atomic E-state index is 0.740. The molecule has 2 fully saturated rings. The molecule has 0 aromatic rings. The van der Waals surface area contributed by atoms with E-state index < -0.39 is 0 Å². The summed E-state index contributed by atoms with van der Waals surface area (Å²) < 4.78 is 0. The van der Waals surface area contributed by atoms with Crippen molar-refractivity contribution in [3.8, 4) is 0 Å². The van der Waals surface area contributed by atoms with E-state index in [2.05, 4.69) is 11.9 Å². The quantitative estimate of drug-likeness (QED) is 0.555. The smallest absolute Gasteiger partial charge is 0.00349 e. The number of likely N-dealkylation sites (tertiary alicyclic amines) is 1. The fraction of sp³-hybridized carbons (Fsp3) is 1.00. The molecular formula is C12H23N. The Labute approximate surface area is 82.5 Å². The second-order valence-corrected chi connectivity index (χ2v) is 5.26. The maximum atomic E-state index is 2.55. The first kappa shape index (κ1) is 9.51. The van der Waals surface area contributed by atoms with Crippen LogP contribution in [0.15, 0.2) is 0 Å². The van der Waals surface area contributed by atoms with Crippen molar-refractivity contribution in [2.75, 3.05) is 20.1 Å². The zero-order valence-electron chi connectivity index (χ0n) is 9.02. The molecule has 1 spiro atoms. The van der Waals surface area contributed by atoms with Crippen LogP contribution in [0.5, 0.6) is 0 Å². The molecule has 1 saturated heterocycles. The molecule has 76 valence electrons. The Hall–Kier alpha value is -0.0400. The maximum absolute atomic E-state index is 2.55. The Morgan fingerprint density at radius 3 is 2.08 bits per heavy atom. The Balaban J connectivity index is 1.99. The van der Waals surface area contributed by atoms with E-state index in [1.54, 1.807) is 0 Å². The molecule has 0 aromatic heterocycles. The Morgan fingerprint density at radius 1 is 0.846 bits per heavy atom. The van der Waals surface area contributed by atoms with Crippen molar-refractivity contribution in [2.45, 2.75) is 51.4 Å². The van der Waals surface area contributed by atoms with Crippen LogP contribution < -0.4 is 0 Å². The van der Waals surface area contributed by atoms with Crippen molar-refractivity contribution in [3.05, 3.63) is 0 Å². The lowest BCUT2D eigenvalue weighted by Crippen LogP contribution is -2.40. The fourth-order valence-electron chi connectivity index (χ4n) is 3.34. The first-order chi connectivity index (χ1) is 6.31. The van der Waals surface area contributed by atoms with Gasteiger partial charge in [0, 0.05) is 6.54 Å². The average molecular weight is 181 g/mol. The van der Waals surface area contributed by atoms with Gasteiger partial charge >= 0.3 is 0 Å². The van der Waals surface area contributed by atoms with Gasteiger partial charge in [0.2, 0.25) is 0 Å². The first-order valence-electron chi connectivity index (χ1n) is 5.99. The van der Waals surface area contributed by atoms with E-state index in [-0.39, 0.29) is 0 Å². The van der Waals surface area contributed by atoms with Crippen LogP contribution in [-0.2, 0) is 0 Å². The Morgan fingerprint density at radius 2 is 1.46 bits per heavy atom. The number of rotatable bonds is 0. The van der Waals surface area contributed by atoms with Crippen LogP contribution in [-0.4, -0.2) is 25.0 Å². The largest absolute Gasteiger partial charge is 0.306 e. The molecule has 1 heterocycles. The zero-order chi connectivity index (χ0) is 9.15. The van der Waals surface area contributed by atoms with Gasteiger partial charge in [-0.3, -0.25) is 0 Å². The third kappa shape index (κ3) is 2.25. The van der Waals surface area contributed by atoms with Gasteiger partial charge < -0.3 is 4.90 Å². The molecule has 1 heteroatoms. The molecule has 0 bridgehead atoms. The monoisotopic (exact) mass is 181 g/mol. The topological polar surface area (TPSA) is 3.24 Å². The predicted molar refractivity (Wildman–Crippen MR) is 56.9 cm³/mol. The van der Waals surface area contributed by atoms with Crippen LogP contribution >= 0.6 is 0 Å². The van der Waals surface area contributed by atoms with Crippen molar-refractivity contribution in [1.29, 1.82) is 0 Å². The summed E-state index contributed by atoms with van der Waals surface area (Å²) in [4.78, 5) is 2.55. The molecule has 1 aliphatic heterocycles. The third-order valence-corrected chi connectivity index (χ3v) is 4.02. The molecule has 0 unspecified atom stereocenters. The Kier molecular flexibility index (Phi) is 2.92. The summed E-state index contributed by atoms with van der Waals surface area (Å²) in [7, 11) is 2.30. The molecule has 0 radical (unpaired) electrons. The standard InChI is InChI=1S/C12H23N/c1-13-10-6-9-12(11-13)7-4-2-3-5-8-12/h2-11H2,1H3. The van der Waals surface area contributed by atoms with Gasteiger partial charge in [0.1, 0.15) is 0 Å². The normalized spacial score (nSPS) is 30.2. The van der Waals surface area contributed by atoms with Gasteiger partial charge in [-0.25, -0.2) is 0 Å². The van der Waals surface area contributed by atoms with E-state index in [0.29, 0.717) is 0 Å². The molecule has 0 aromatic carbocycles. The van der Waals surface area contributed by atoms with Crippen molar-refractivity contribution in [1.82, 2.24) is 4.90 Å². The summed E-state index contributed by atoms with van der Waals surface area (Å²) in [6, 6.07) is 0. The Bertz CT molecular complexity index is 157. The van der Waals surface area contributed by atoms with E-state index in [4.69, 9.17) is 0 Å². The molecule has 2 aliphatic rings. The van der Waals surface area contributed by atoms with Gasteiger partial charge in [-0.1, -0.05) is 25.7 Å². The third-order valence-electron chi connectivity index (χ3n) is 4.02. The van der Waals surface area contributed by atoms with Gasteiger partial charge in [0.15, 0.2) is 0 Å². The van der Waals surface area contributed by atoms with Crippen LogP contribution in [0.2, 0.25) is 0 Å². The SMILES string of the molecule is CN1CCCC2(CCCCCC2)C1. The van der Waals surface area contributed by atoms with Crippen molar-refractivity contribution < 1.29 is 0 Å². The maximum Gasteiger partial charge on any atom is 0.00349 e. The highest BCUT2D eigenvalue weighted by molar-refractivity contribution is 4.87. The summed E-state index contributed by atoms with van der Waals surface area (Å²) in [6.45, 7) is 2.72. The fourth-order valence-corrected chi connectivity index (χ4v) is 3.34. The first-order valence-corrected chi connectivity index (χ1v) is 5.99. The average Bonchev–Trinajstić information content (AvgIpc) is 2.31. The number of hydrogen-bond donors (Lipinski definition) is 0. The highest BCUT2D eigenvalue weighted by Gasteiger charge is 2.34. The summed E-state index contributed by atoms with van der Waals surface area (Å²) in [5.74, 6) is 0. The molecule has 1 nitrogen and oxygen atoms in total. The van der Waals surface area contributed by atoms with E-state index in [1.165, 1.54) is 64.5 Å². The molecule has 1 saturated carbocycles. The molecule has 0 N–H and O–H groups in total. The van der Waals surface area contributed by atoms with Gasteiger partial charge in [0.25, 0.3) is 0 Å². The molecule has 2 rings (SSSR count). The second kappa shape index (κ2) is 4.00. The van der Waals surface area contributed by atoms with Gasteiger partial charge in [-0.2, -0.15) is 0 Å². The van der Waals surface area contributed by atoms with E-state index >= 15 is 0 Å². The molecule has 0 atom stereocenters. The molecule has 13 heavy (non-hydrogen) atoms. The number of piperidine rings is 1. The van der Waals surface area contributed by atoms with Crippen LogP contribution in [0, 0.1) is 5.41 Å². The molecular weight excluding hydrogens is 158 g/mol. The lowest BCUT2D eigenvalue weighted by atomic mass is 9.74. The van der Waals surface area contributed by atoms with Crippen molar-refractivity contribution in [3.63, 3.8) is 0 Å². The zero-order valence-corrected chi connectivity index (χ0v) is 9.02. The van der Waals surface area contributed by atoms with Crippen molar-refractivity contribution >= 4 is 0 Å². The summed E-state index contributed by atoms with van der Waals surface area (Å²) in [5.41, 5.74) is 0.740. The number of nitrogens with zero attached hydrogens (tertiary/aromatic N) is 1. The van der Waals surface area contributed by atoms with Gasteiger partial charge in [-0.15, -0.1) is 0 Å². The van der Waals surface area contributed by atoms with Gasteiger partial charge in [0.05, 0.1) is 0 Å². The van der Waals surface area contributed by atoms with Crippen molar-refractivity contribution in [2.24, 2.45) is 5.41 Å². The van der Waals surface area contributed by atoms with E-state index in [9.17, 15) is 0 Å². The van der Waals surface area contributed by atoms with Crippen LogP contribution in [0.25, 0.3) is 0 Å². The minimum atomic E-state index is 0.740. The summed E-state index contributed by atoms with van der Waals surface area (Å²) in [6.07, 6.45) is 11.9. The molecule has 0 amide bonds. The highest BCUT2D eigenvalue weighted by Crippen LogP contribution is 2.41. The minimum Gasteiger partial charge on any atom is -0.306 e. The van der Waals surface area contributed by atoms with E-state index in [0.717, 1.165) is 5.41 Å². The summed E-state index contributed by atoms with van der Waals surface area (Å²) in [5, 5.41) is 0.